The van der Waals surface area contributed by atoms with E-state index in [4.69, 9.17) is 9.47 Å². The Morgan fingerprint density at radius 3 is 1.95 bits per heavy atom. The van der Waals surface area contributed by atoms with Gasteiger partial charge in [-0.15, -0.1) is 0 Å². The molecule has 0 saturated carbocycles. The molecule has 0 atom stereocenters. The number of hydrogen-bond donors (Lipinski definition) is 1. The molecule has 120 valence electrons. The van der Waals surface area contributed by atoms with Crippen molar-refractivity contribution in [3.05, 3.63) is 40.6 Å². The Hall–Kier alpha value is -2.30. The van der Waals surface area contributed by atoms with Crippen molar-refractivity contribution in [1.82, 2.24) is 0 Å². The zero-order valence-corrected chi connectivity index (χ0v) is 13.8. The summed E-state index contributed by atoms with van der Waals surface area (Å²) in [5.74, 6) is -1.40. The number of esters is 2. The number of carbonyl (C=O) groups is 2. The van der Waals surface area contributed by atoms with Crippen molar-refractivity contribution >= 4 is 17.6 Å². The normalized spacial score (nSPS) is 9.86. The van der Waals surface area contributed by atoms with Crippen LogP contribution in [-0.4, -0.2) is 25.2 Å². The molecule has 1 aromatic carbocycles. The third-order valence-electron chi connectivity index (χ3n) is 3.20. The van der Waals surface area contributed by atoms with E-state index in [0.29, 0.717) is 0 Å². The van der Waals surface area contributed by atoms with Gasteiger partial charge in [-0.05, 0) is 57.4 Å². The minimum Gasteiger partial charge on any atom is -0.462 e. The third-order valence-corrected chi connectivity index (χ3v) is 3.20. The predicted octanol–water partition coefficient (Wildman–Crippen LogP) is 3.03. The van der Waals surface area contributed by atoms with Crippen LogP contribution in [0.4, 0.5) is 5.69 Å². The number of rotatable bonds is 6. The molecule has 5 heteroatoms. The lowest BCUT2D eigenvalue weighted by Crippen LogP contribution is -2.19. The SMILES string of the molecule is CCOC(=O)C(=CNc1cc(C)c(C)cc1C)C(=O)OCC. The van der Waals surface area contributed by atoms with Gasteiger partial charge in [0.05, 0.1) is 13.2 Å². The lowest BCUT2D eigenvalue weighted by molar-refractivity contribution is -0.146. The number of carbonyl (C=O) groups excluding carboxylic acids is 2. The molecule has 0 aliphatic rings. The summed E-state index contributed by atoms with van der Waals surface area (Å²) in [5.41, 5.74) is 4.00. The van der Waals surface area contributed by atoms with E-state index in [1.54, 1.807) is 13.8 Å². The molecule has 1 N–H and O–H groups in total. The quantitative estimate of drug-likeness (QED) is 0.379. The smallest absolute Gasteiger partial charge is 0.347 e. The number of hydrogen-bond acceptors (Lipinski definition) is 5. The maximum Gasteiger partial charge on any atom is 0.347 e. The Kier molecular flexibility index (Phi) is 6.63. The van der Waals surface area contributed by atoms with Gasteiger partial charge in [0, 0.05) is 11.9 Å². The maximum atomic E-state index is 11.9. The van der Waals surface area contributed by atoms with Crippen molar-refractivity contribution in [2.24, 2.45) is 0 Å². The van der Waals surface area contributed by atoms with Gasteiger partial charge in [-0.2, -0.15) is 0 Å². The van der Waals surface area contributed by atoms with Gasteiger partial charge in [-0.1, -0.05) is 6.07 Å². The van der Waals surface area contributed by atoms with Gasteiger partial charge in [0.2, 0.25) is 0 Å². The van der Waals surface area contributed by atoms with E-state index in [2.05, 4.69) is 5.32 Å². The summed E-state index contributed by atoms with van der Waals surface area (Å²) in [7, 11) is 0. The molecule has 0 heterocycles. The van der Waals surface area contributed by atoms with Gasteiger partial charge in [0.15, 0.2) is 5.57 Å². The van der Waals surface area contributed by atoms with E-state index in [9.17, 15) is 9.59 Å². The molecule has 0 unspecified atom stereocenters. The van der Waals surface area contributed by atoms with E-state index < -0.39 is 11.9 Å². The molecule has 0 aromatic heterocycles. The summed E-state index contributed by atoms with van der Waals surface area (Å²) in [5, 5.41) is 3.00. The summed E-state index contributed by atoms with van der Waals surface area (Å²) in [6, 6.07) is 4.01. The van der Waals surface area contributed by atoms with Crippen molar-refractivity contribution in [1.29, 1.82) is 0 Å². The van der Waals surface area contributed by atoms with Gasteiger partial charge < -0.3 is 14.8 Å². The zero-order valence-electron chi connectivity index (χ0n) is 13.8. The van der Waals surface area contributed by atoms with Crippen LogP contribution in [0.1, 0.15) is 30.5 Å². The highest BCUT2D eigenvalue weighted by Gasteiger charge is 2.21. The molecule has 0 fully saturated rings. The van der Waals surface area contributed by atoms with Crippen LogP contribution in [0.3, 0.4) is 0 Å². The summed E-state index contributed by atoms with van der Waals surface area (Å²) in [6.45, 7) is 9.74. The standard InChI is InChI=1S/C17H23NO4/c1-6-21-16(19)14(17(20)22-7-2)10-18-15-9-12(4)11(3)8-13(15)5/h8-10,18H,6-7H2,1-5H3. The first kappa shape index (κ1) is 17.8. The van der Waals surface area contributed by atoms with Crippen molar-refractivity contribution in [2.75, 3.05) is 18.5 Å². The van der Waals surface area contributed by atoms with Crippen molar-refractivity contribution < 1.29 is 19.1 Å². The van der Waals surface area contributed by atoms with Crippen LogP contribution in [0.15, 0.2) is 23.9 Å². The van der Waals surface area contributed by atoms with Crippen molar-refractivity contribution in [3.8, 4) is 0 Å². The Labute approximate surface area is 131 Å². The fourth-order valence-corrected chi connectivity index (χ4v) is 1.88. The van der Waals surface area contributed by atoms with E-state index in [0.717, 1.165) is 16.8 Å². The monoisotopic (exact) mass is 305 g/mol. The maximum absolute atomic E-state index is 11.9. The molecular weight excluding hydrogens is 282 g/mol. The Morgan fingerprint density at radius 2 is 1.45 bits per heavy atom. The summed E-state index contributed by atoms with van der Waals surface area (Å²) < 4.78 is 9.77. The van der Waals surface area contributed by atoms with Gasteiger partial charge in [-0.3, -0.25) is 0 Å². The molecule has 0 amide bonds. The summed E-state index contributed by atoms with van der Waals surface area (Å²) in [4.78, 5) is 23.7. The second-order valence-electron chi connectivity index (χ2n) is 4.89. The average molecular weight is 305 g/mol. The highest BCUT2D eigenvalue weighted by molar-refractivity contribution is 6.14. The van der Waals surface area contributed by atoms with Crippen molar-refractivity contribution in [3.63, 3.8) is 0 Å². The lowest BCUT2D eigenvalue weighted by Gasteiger charge is -2.11. The number of ether oxygens (including phenoxy) is 2. The number of anilines is 1. The van der Waals surface area contributed by atoms with Crippen LogP contribution in [0, 0.1) is 20.8 Å². The molecule has 22 heavy (non-hydrogen) atoms. The molecule has 0 saturated heterocycles. The van der Waals surface area contributed by atoms with E-state index >= 15 is 0 Å². The Bertz CT molecular complexity index is 571. The first-order valence-electron chi connectivity index (χ1n) is 7.29. The van der Waals surface area contributed by atoms with Gasteiger partial charge in [0.25, 0.3) is 0 Å². The molecule has 1 aromatic rings. The van der Waals surface area contributed by atoms with Crippen LogP contribution < -0.4 is 5.32 Å². The minimum atomic E-state index is -0.699. The van der Waals surface area contributed by atoms with Gasteiger partial charge in [0.1, 0.15) is 0 Å². The van der Waals surface area contributed by atoms with E-state index in [1.165, 1.54) is 11.8 Å². The number of aryl methyl sites for hydroxylation is 3. The molecule has 0 aliphatic carbocycles. The number of nitrogens with one attached hydrogen (secondary N) is 1. The van der Waals surface area contributed by atoms with Gasteiger partial charge in [-0.25, -0.2) is 9.59 Å². The average Bonchev–Trinajstić information content (AvgIpc) is 2.45. The Morgan fingerprint density at radius 1 is 0.955 bits per heavy atom. The topological polar surface area (TPSA) is 64.6 Å². The summed E-state index contributed by atoms with van der Waals surface area (Å²) >= 11 is 0. The predicted molar refractivity (Wildman–Crippen MR) is 85.6 cm³/mol. The van der Waals surface area contributed by atoms with Crippen LogP contribution in [0.25, 0.3) is 0 Å². The first-order chi connectivity index (χ1) is 10.4. The summed E-state index contributed by atoms with van der Waals surface area (Å²) in [6.07, 6.45) is 1.34. The fourth-order valence-electron chi connectivity index (χ4n) is 1.88. The molecule has 0 bridgehead atoms. The van der Waals surface area contributed by atoms with Crippen LogP contribution in [0.5, 0.6) is 0 Å². The lowest BCUT2D eigenvalue weighted by atomic mass is 10.1. The molecule has 1 rings (SSSR count). The highest BCUT2D eigenvalue weighted by Crippen LogP contribution is 2.20. The highest BCUT2D eigenvalue weighted by atomic mass is 16.6. The number of benzene rings is 1. The first-order valence-corrected chi connectivity index (χ1v) is 7.29. The van der Waals surface area contributed by atoms with Crippen LogP contribution in [-0.2, 0) is 19.1 Å². The molecular formula is C17H23NO4. The molecule has 0 aliphatic heterocycles. The van der Waals surface area contributed by atoms with Crippen LogP contribution >= 0.6 is 0 Å². The van der Waals surface area contributed by atoms with Crippen LogP contribution in [0.2, 0.25) is 0 Å². The minimum absolute atomic E-state index is 0.152. The third kappa shape index (κ3) is 4.62. The largest absolute Gasteiger partial charge is 0.462 e. The van der Waals surface area contributed by atoms with Gasteiger partial charge >= 0.3 is 11.9 Å². The fraction of sp³-hybridized carbons (Fsp3) is 0.412. The van der Waals surface area contributed by atoms with E-state index in [-0.39, 0.29) is 18.8 Å². The van der Waals surface area contributed by atoms with E-state index in [1.807, 2.05) is 32.9 Å². The molecule has 0 radical (unpaired) electrons. The zero-order chi connectivity index (χ0) is 16.7. The second kappa shape index (κ2) is 8.22. The van der Waals surface area contributed by atoms with Crippen molar-refractivity contribution in [2.45, 2.75) is 34.6 Å². The molecule has 0 spiro atoms. The Balaban J connectivity index is 3.05. The molecule has 5 nitrogen and oxygen atoms in total. The second-order valence-corrected chi connectivity index (χ2v) is 4.89.